The molecule has 138 valence electrons. The van der Waals surface area contributed by atoms with Crippen LogP contribution in [0, 0.1) is 17.8 Å². The first-order valence-electron chi connectivity index (χ1n) is 10.0. The molecule has 4 atom stereocenters. The van der Waals surface area contributed by atoms with Gasteiger partial charge in [-0.05, 0) is 31.6 Å². The smallest absolute Gasteiger partial charge is 0.172 e. The molecule has 1 heterocycles. The van der Waals surface area contributed by atoms with Crippen molar-refractivity contribution in [3.63, 3.8) is 0 Å². The van der Waals surface area contributed by atoms with Gasteiger partial charge in [0.25, 0.3) is 0 Å². The van der Waals surface area contributed by atoms with E-state index in [-0.39, 0.29) is 17.8 Å². The maximum atomic E-state index is 10.5. The van der Waals surface area contributed by atoms with Crippen LogP contribution in [0.4, 0.5) is 0 Å². The fraction of sp³-hybridized carbons (Fsp3) is 0.900. The zero-order valence-corrected chi connectivity index (χ0v) is 14.9. The largest absolute Gasteiger partial charge is 0.396 e. The van der Waals surface area contributed by atoms with Crippen LogP contribution in [-0.2, 0) is 9.47 Å². The fourth-order valence-corrected chi connectivity index (χ4v) is 4.77. The number of ether oxygens (including phenoxy) is 2. The van der Waals surface area contributed by atoms with Gasteiger partial charge >= 0.3 is 0 Å². The van der Waals surface area contributed by atoms with E-state index in [1.54, 1.807) is 0 Å². The van der Waals surface area contributed by atoms with E-state index in [2.05, 4.69) is 12.2 Å². The molecule has 4 nitrogen and oxygen atoms in total. The Bertz CT molecular complexity index is 402. The second-order valence-electron chi connectivity index (χ2n) is 7.79. The highest BCUT2D eigenvalue weighted by Crippen LogP contribution is 2.59. The summed E-state index contributed by atoms with van der Waals surface area (Å²) >= 11 is 0. The van der Waals surface area contributed by atoms with Gasteiger partial charge in [-0.15, -0.1) is 0 Å². The molecular weight excluding hydrogens is 304 g/mol. The lowest BCUT2D eigenvalue weighted by atomic mass is 9.69. The van der Waals surface area contributed by atoms with Gasteiger partial charge in [0.2, 0.25) is 0 Å². The predicted molar refractivity (Wildman–Crippen MR) is 93.5 cm³/mol. The van der Waals surface area contributed by atoms with E-state index >= 15 is 0 Å². The van der Waals surface area contributed by atoms with Crippen molar-refractivity contribution in [3.8, 4) is 0 Å². The van der Waals surface area contributed by atoms with Crippen molar-refractivity contribution in [1.29, 1.82) is 0 Å². The summed E-state index contributed by atoms with van der Waals surface area (Å²) in [4.78, 5) is 0. The fourth-order valence-electron chi connectivity index (χ4n) is 4.77. The monoisotopic (exact) mass is 338 g/mol. The molecule has 1 unspecified atom stereocenters. The molecule has 2 N–H and O–H groups in total. The Morgan fingerprint density at radius 3 is 2.33 bits per heavy atom. The van der Waals surface area contributed by atoms with Crippen LogP contribution in [0.15, 0.2) is 12.2 Å². The number of rotatable bonds is 10. The molecule has 0 aromatic heterocycles. The molecule has 1 saturated heterocycles. The number of fused-ring (bicyclic) bond motifs is 2. The molecule has 3 rings (SSSR count). The standard InChI is InChI=1S/C20H34O4/c21-11-9-7-5-3-1-2-4-6-8-10-16-14-18-17(19(16)22)15-20(18)23-12-13-24-20/h8,10,16-19,21-22H,1-7,9,11-15H2/t16-,17+,18-,19?/m0/s1. The van der Waals surface area contributed by atoms with Crippen LogP contribution in [0.25, 0.3) is 0 Å². The van der Waals surface area contributed by atoms with Gasteiger partial charge in [0.15, 0.2) is 5.79 Å². The molecule has 4 heteroatoms. The van der Waals surface area contributed by atoms with E-state index in [1.807, 2.05) is 0 Å². The Balaban J connectivity index is 1.27. The third-order valence-electron chi connectivity index (χ3n) is 6.19. The van der Waals surface area contributed by atoms with E-state index in [0.717, 1.165) is 32.1 Å². The zero-order valence-electron chi connectivity index (χ0n) is 14.9. The summed E-state index contributed by atoms with van der Waals surface area (Å²) in [5, 5.41) is 19.2. The van der Waals surface area contributed by atoms with Crippen molar-refractivity contribution in [3.05, 3.63) is 12.2 Å². The van der Waals surface area contributed by atoms with E-state index in [9.17, 15) is 5.11 Å². The van der Waals surface area contributed by atoms with Gasteiger partial charge in [0.05, 0.1) is 19.3 Å². The lowest BCUT2D eigenvalue weighted by Gasteiger charge is -2.48. The van der Waals surface area contributed by atoms with Gasteiger partial charge in [-0.3, -0.25) is 0 Å². The normalized spacial score (nSPS) is 34.1. The van der Waals surface area contributed by atoms with Crippen molar-refractivity contribution in [1.82, 2.24) is 0 Å². The number of hydrogen-bond donors (Lipinski definition) is 2. The highest BCUT2D eigenvalue weighted by atomic mass is 16.7. The maximum absolute atomic E-state index is 10.5. The summed E-state index contributed by atoms with van der Waals surface area (Å²) in [6.07, 6.45) is 15.8. The number of allylic oxidation sites excluding steroid dienone is 1. The molecule has 0 amide bonds. The van der Waals surface area contributed by atoms with E-state index in [0.29, 0.717) is 31.7 Å². The number of aliphatic hydroxyl groups is 2. The summed E-state index contributed by atoms with van der Waals surface area (Å²) in [5.41, 5.74) is 0. The van der Waals surface area contributed by atoms with E-state index in [1.165, 1.54) is 32.1 Å². The van der Waals surface area contributed by atoms with Crippen LogP contribution in [0.1, 0.15) is 64.2 Å². The molecule has 2 aliphatic carbocycles. The molecule has 1 spiro atoms. The molecule has 24 heavy (non-hydrogen) atoms. The molecule has 3 aliphatic rings. The summed E-state index contributed by atoms with van der Waals surface area (Å²) < 4.78 is 11.6. The Morgan fingerprint density at radius 1 is 0.958 bits per heavy atom. The molecule has 2 saturated carbocycles. The van der Waals surface area contributed by atoms with Crippen molar-refractivity contribution >= 4 is 0 Å². The molecule has 0 aromatic rings. The number of aliphatic hydroxyl groups excluding tert-OH is 2. The first-order valence-corrected chi connectivity index (χ1v) is 10.0. The first kappa shape index (κ1) is 18.4. The maximum Gasteiger partial charge on any atom is 0.172 e. The molecule has 0 radical (unpaired) electrons. The first-order chi connectivity index (χ1) is 11.8. The van der Waals surface area contributed by atoms with Crippen molar-refractivity contribution in [2.24, 2.45) is 17.8 Å². The predicted octanol–water partition coefficient (Wildman–Crippen LogP) is 3.42. The van der Waals surface area contributed by atoms with Gasteiger partial charge in [0.1, 0.15) is 0 Å². The highest BCUT2D eigenvalue weighted by Gasteiger charge is 2.64. The van der Waals surface area contributed by atoms with E-state index in [4.69, 9.17) is 14.6 Å². The van der Waals surface area contributed by atoms with Crippen LogP contribution in [0.2, 0.25) is 0 Å². The molecule has 3 fully saturated rings. The Morgan fingerprint density at radius 2 is 1.62 bits per heavy atom. The topological polar surface area (TPSA) is 58.9 Å². The third-order valence-corrected chi connectivity index (χ3v) is 6.19. The van der Waals surface area contributed by atoms with Crippen LogP contribution in [0.3, 0.4) is 0 Å². The number of hydrogen-bond acceptors (Lipinski definition) is 4. The molecule has 0 aromatic carbocycles. The summed E-state index contributed by atoms with van der Waals surface area (Å²) in [5.74, 6) is 0.704. The van der Waals surface area contributed by atoms with Crippen LogP contribution in [0.5, 0.6) is 0 Å². The third kappa shape index (κ3) is 4.04. The average molecular weight is 338 g/mol. The SMILES string of the molecule is OCCCCCCCCCC=C[C@H]1C[C@H]2[C@@H](CC23OCCO3)C1O. The lowest BCUT2D eigenvalue weighted by Crippen LogP contribution is -2.54. The van der Waals surface area contributed by atoms with Gasteiger partial charge in [0, 0.05) is 24.9 Å². The Kier molecular flexibility index (Phi) is 6.73. The Hall–Kier alpha value is -0.420. The van der Waals surface area contributed by atoms with Gasteiger partial charge in [-0.25, -0.2) is 0 Å². The van der Waals surface area contributed by atoms with Gasteiger partial charge in [-0.1, -0.05) is 44.3 Å². The minimum absolute atomic E-state index is 0.212. The summed E-state index contributed by atoms with van der Waals surface area (Å²) in [6, 6.07) is 0. The Labute approximate surface area is 146 Å². The zero-order chi connectivity index (χ0) is 16.8. The molecule has 1 aliphatic heterocycles. The molecule has 0 bridgehead atoms. The van der Waals surface area contributed by atoms with Crippen molar-refractivity contribution < 1.29 is 19.7 Å². The summed E-state index contributed by atoms with van der Waals surface area (Å²) in [6.45, 7) is 1.75. The average Bonchev–Trinajstić information content (AvgIpc) is 3.16. The van der Waals surface area contributed by atoms with Crippen LogP contribution in [-0.4, -0.2) is 41.9 Å². The van der Waals surface area contributed by atoms with Crippen LogP contribution < -0.4 is 0 Å². The minimum atomic E-state index is -0.343. The van der Waals surface area contributed by atoms with Gasteiger partial charge < -0.3 is 19.7 Å². The molecular formula is C20H34O4. The van der Waals surface area contributed by atoms with Gasteiger partial charge in [-0.2, -0.15) is 0 Å². The second-order valence-corrected chi connectivity index (χ2v) is 7.79. The lowest BCUT2D eigenvalue weighted by molar-refractivity contribution is -0.275. The summed E-state index contributed by atoms with van der Waals surface area (Å²) in [7, 11) is 0. The highest BCUT2D eigenvalue weighted by molar-refractivity contribution is 5.12. The minimum Gasteiger partial charge on any atom is -0.396 e. The van der Waals surface area contributed by atoms with Crippen LogP contribution >= 0.6 is 0 Å². The van der Waals surface area contributed by atoms with E-state index < -0.39 is 0 Å². The van der Waals surface area contributed by atoms with Crippen molar-refractivity contribution in [2.45, 2.75) is 76.1 Å². The van der Waals surface area contributed by atoms with Crippen molar-refractivity contribution in [2.75, 3.05) is 19.8 Å². The quantitative estimate of drug-likeness (QED) is 0.473. The second kappa shape index (κ2) is 8.79. The number of unbranched alkanes of at least 4 members (excludes halogenated alkanes) is 7.